The fourth-order valence-corrected chi connectivity index (χ4v) is 10.0. The zero-order valence-electron chi connectivity index (χ0n) is 46.4. The molecule has 0 aliphatic heterocycles. The number of rotatable bonds is 46. The molecule has 0 saturated carbocycles. The summed E-state index contributed by atoms with van der Waals surface area (Å²) in [6.45, 7) is 23.9. The van der Waals surface area contributed by atoms with Crippen LogP contribution >= 0.6 is 0 Å². The third-order valence-electron chi connectivity index (χ3n) is 14.4. The average molecular weight is 932 g/mol. The zero-order valence-corrected chi connectivity index (χ0v) is 46.4. The molecule has 5 heteroatoms. The number of quaternary nitrogens is 1. The van der Waals surface area contributed by atoms with E-state index in [9.17, 15) is 5.02 Å². The van der Waals surface area contributed by atoms with Gasteiger partial charge in [0.25, 0.3) is 0 Å². The Morgan fingerprint density at radius 2 is 0.582 bits per heavy atom. The van der Waals surface area contributed by atoms with Gasteiger partial charge in [0, 0.05) is 0 Å². The first-order chi connectivity index (χ1) is 32.8. The SMILES string of the molecule is CCCCCCCC[N+](CCCCCCCC)(CCCCCCCC)CCCCCCCC.CCCCCCCCc1cc(C)ccc1OB([O-])Oc1ccc(C)cc1CCCCCCCC. The summed E-state index contributed by atoms with van der Waals surface area (Å²) in [6.07, 6.45) is 51.6. The summed E-state index contributed by atoms with van der Waals surface area (Å²) in [5.74, 6) is 1.31. The van der Waals surface area contributed by atoms with E-state index in [1.807, 2.05) is 24.3 Å². The van der Waals surface area contributed by atoms with Gasteiger partial charge in [0.15, 0.2) is 0 Å². The van der Waals surface area contributed by atoms with Crippen molar-refractivity contribution in [1.82, 2.24) is 0 Å². The minimum atomic E-state index is -1.57. The smallest absolute Gasteiger partial charge is 0.492 e. The number of hydrogen-bond acceptors (Lipinski definition) is 3. The van der Waals surface area contributed by atoms with E-state index in [1.165, 1.54) is 260 Å². The third kappa shape index (κ3) is 34.9. The molecule has 2 aromatic carbocycles. The zero-order chi connectivity index (χ0) is 48.9. The third-order valence-corrected chi connectivity index (χ3v) is 14.4. The Kier molecular flexibility index (Phi) is 42.5. The highest BCUT2D eigenvalue weighted by atomic mass is 16.7. The number of hydrogen-bond donors (Lipinski definition) is 0. The fraction of sp³-hybridized carbons (Fsp3) is 0.806. The predicted octanol–water partition coefficient (Wildman–Crippen LogP) is 19.2. The highest BCUT2D eigenvalue weighted by Gasteiger charge is 2.26. The summed E-state index contributed by atoms with van der Waals surface area (Å²) in [5.41, 5.74) is 4.60. The Morgan fingerprint density at radius 3 is 0.851 bits per heavy atom. The maximum atomic E-state index is 12.8. The van der Waals surface area contributed by atoms with Crippen molar-refractivity contribution in [3.63, 3.8) is 0 Å². The summed E-state index contributed by atoms with van der Waals surface area (Å²) in [7, 11) is -1.57. The van der Waals surface area contributed by atoms with Crippen LogP contribution in [0.5, 0.6) is 11.5 Å². The van der Waals surface area contributed by atoms with E-state index in [1.54, 1.807) is 0 Å². The van der Waals surface area contributed by atoms with Crippen molar-refractivity contribution in [3.8, 4) is 11.5 Å². The molecule has 0 bridgehead atoms. The molecule has 0 amide bonds. The summed E-state index contributed by atoms with van der Waals surface area (Å²) in [4.78, 5) is 0. The van der Waals surface area contributed by atoms with Gasteiger partial charge in [-0.3, -0.25) is 0 Å². The minimum absolute atomic E-state index is 0.656. The number of unbranched alkanes of at least 4 members (excludes halogenated alkanes) is 30. The maximum Gasteiger partial charge on any atom is 0.492 e. The topological polar surface area (TPSA) is 41.5 Å². The van der Waals surface area contributed by atoms with Crippen LogP contribution in [0, 0.1) is 13.8 Å². The van der Waals surface area contributed by atoms with Crippen LogP contribution in [0.4, 0.5) is 0 Å². The summed E-state index contributed by atoms with van der Waals surface area (Å²) in [6, 6.07) is 12.1. The van der Waals surface area contributed by atoms with E-state index < -0.39 is 7.32 Å². The van der Waals surface area contributed by atoms with E-state index in [-0.39, 0.29) is 0 Å². The normalized spacial score (nSPS) is 11.5. The van der Waals surface area contributed by atoms with Crippen molar-refractivity contribution in [1.29, 1.82) is 0 Å². The minimum Gasteiger partial charge on any atom is -0.808 e. The Balaban J connectivity index is 0.000000671. The lowest BCUT2D eigenvalue weighted by atomic mass is 10.0. The van der Waals surface area contributed by atoms with Gasteiger partial charge in [-0.25, -0.2) is 0 Å². The first-order valence-electron chi connectivity index (χ1n) is 29.8. The number of aryl methyl sites for hydroxylation is 4. The van der Waals surface area contributed by atoms with Crippen LogP contribution in [0.2, 0.25) is 0 Å². The van der Waals surface area contributed by atoms with E-state index in [2.05, 4.69) is 67.5 Å². The van der Waals surface area contributed by atoms with E-state index in [0.29, 0.717) is 11.5 Å². The van der Waals surface area contributed by atoms with Gasteiger partial charge >= 0.3 is 7.32 Å². The Labute approximate surface area is 420 Å². The first-order valence-corrected chi connectivity index (χ1v) is 29.8. The van der Waals surface area contributed by atoms with E-state index in [4.69, 9.17) is 9.31 Å². The molecule has 2 rings (SSSR count). The second-order valence-electron chi connectivity index (χ2n) is 21.1. The highest BCUT2D eigenvalue weighted by Crippen LogP contribution is 2.27. The first kappa shape index (κ1) is 63.0. The monoisotopic (exact) mass is 932 g/mol. The second kappa shape index (κ2) is 45.2. The van der Waals surface area contributed by atoms with Crippen LogP contribution in [-0.4, -0.2) is 38.0 Å². The lowest BCUT2D eigenvalue weighted by molar-refractivity contribution is -0.929. The van der Waals surface area contributed by atoms with Gasteiger partial charge in [0.1, 0.15) is 11.5 Å². The molecule has 0 unspecified atom stereocenters. The Morgan fingerprint density at radius 1 is 0.343 bits per heavy atom. The van der Waals surface area contributed by atoms with E-state index in [0.717, 1.165) is 36.8 Å². The number of nitrogens with zero attached hydrogens (tertiary/aromatic N) is 1. The van der Waals surface area contributed by atoms with Crippen molar-refractivity contribution >= 4 is 7.32 Å². The van der Waals surface area contributed by atoms with Crippen LogP contribution < -0.4 is 14.3 Å². The molecular formula is C62H114BNO3. The quantitative estimate of drug-likeness (QED) is 0.0377. The van der Waals surface area contributed by atoms with Gasteiger partial charge in [0.2, 0.25) is 0 Å². The molecule has 0 radical (unpaired) electrons. The Bertz CT molecular complexity index is 1230. The molecule has 0 aliphatic rings. The summed E-state index contributed by atoms with van der Waals surface area (Å²) >= 11 is 0. The van der Waals surface area contributed by atoms with Crippen LogP contribution in [0.25, 0.3) is 0 Å². The van der Waals surface area contributed by atoms with Gasteiger partial charge in [-0.05, 0) is 114 Å². The molecule has 388 valence electrons. The van der Waals surface area contributed by atoms with Crippen LogP contribution in [-0.2, 0) is 12.8 Å². The summed E-state index contributed by atoms with van der Waals surface area (Å²) in [5, 5.41) is 12.8. The maximum absolute atomic E-state index is 12.8. The van der Waals surface area contributed by atoms with Crippen LogP contribution in [0.15, 0.2) is 36.4 Å². The van der Waals surface area contributed by atoms with Gasteiger partial charge in [-0.2, -0.15) is 0 Å². The van der Waals surface area contributed by atoms with Crippen molar-refractivity contribution in [2.24, 2.45) is 0 Å². The highest BCUT2D eigenvalue weighted by molar-refractivity contribution is 6.34. The molecule has 4 nitrogen and oxygen atoms in total. The van der Waals surface area contributed by atoms with Crippen LogP contribution in [0.3, 0.4) is 0 Å². The van der Waals surface area contributed by atoms with Gasteiger partial charge < -0.3 is 18.8 Å². The van der Waals surface area contributed by atoms with Gasteiger partial charge in [-0.1, -0.05) is 244 Å². The fourth-order valence-electron chi connectivity index (χ4n) is 10.0. The largest absolute Gasteiger partial charge is 0.808 e. The van der Waals surface area contributed by atoms with Crippen molar-refractivity contribution in [2.45, 2.75) is 299 Å². The standard InChI is InChI=1S/C32H68N.C30H46BO3/c1-5-9-13-17-21-25-29-33(30-26-22-18-14-10-6-2,31-27-23-19-15-11-7-3)32-28-24-20-16-12-8-4;1-5-7-9-11-13-15-17-27-23-25(3)19-21-29(27)33-31(32)34-30-22-20-26(4)24-28(30)18-16-14-12-10-8-6-2/h5-32H2,1-4H3;19-24H,5-18H2,1-4H3/q+1;-1. The second-order valence-corrected chi connectivity index (χ2v) is 21.1. The van der Waals surface area contributed by atoms with Crippen LogP contribution in [0.1, 0.15) is 295 Å². The van der Waals surface area contributed by atoms with Gasteiger partial charge in [-0.15, -0.1) is 0 Å². The molecule has 0 fully saturated rings. The van der Waals surface area contributed by atoms with Crippen molar-refractivity contribution in [3.05, 3.63) is 58.7 Å². The molecule has 0 spiro atoms. The molecule has 0 heterocycles. The molecule has 0 N–H and O–H groups in total. The molecule has 0 aliphatic carbocycles. The Hall–Kier alpha value is -1.98. The molecule has 0 aromatic heterocycles. The van der Waals surface area contributed by atoms with Crippen molar-refractivity contribution in [2.75, 3.05) is 26.2 Å². The van der Waals surface area contributed by atoms with Gasteiger partial charge in [0.05, 0.1) is 26.2 Å². The molecule has 0 saturated heterocycles. The molecule has 67 heavy (non-hydrogen) atoms. The molecule has 0 atom stereocenters. The lowest BCUT2D eigenvalue weighted by Crippen LogP contribution is -2.50. The average Bonchev–Trinajstić information content (AvgIpc) is 3.32. The molecule has 2 aromatic rings. The lowest BCUT2D eigenvalue weighted by Gasteiger charge is -2.40. The summed E-state index contributed by atoms with van der Waals surface area (Å²) < 4.78 is 13.0. The molecular weight excluding hydrogens is 817 g/mol. The van der Waals surface area contributed by atoms with Crippen molar-refractivity contribution < 1.29 is 18.8 Å². The number of benzene rings is 2. The van der Waals surface area contributed by atoms with E-state index >= 15 is 0 Å². The predicted molar refractivity (Wildman–Crippen MR) is 297 cm³/mol.